The molecule has 124 valence electrons. The summed E-state index contributed by atoms with van der Waals surface area (Å²) in [5, 5.41) is 0. The Morgan fingerprint density at radius 1 is 1.14 bits per heavy atom. The van der Waals surface area contributed by atoms with Gasteiger partial charge < -0.3 is 4.74 Å². The number of ether oxygens (including phenoxy) is 1. The van der Waals surface area contributed by atoms with Crippen molar-refractivity contribution in [2.45, 2.75) is 51.4 Å². The van der Waals surface area contributed by atoms with Gasteiger partial charge >= 0.3 is 0 Å². The fourth-order valence-corrected chi connectivity index (χ4v) is 4.17. The molecule has 2 rings (SSSR count). The van der Waals surface area contributed by atoms with E-state index in [0.717, 1.165) is 25.0 Å². The quantitative estimate of drug-likeness (QED) is 0.582. The third-order valence-corrected chi connectivity index (χ3v) is 5.57. The lowest BCUT2D eigenvalue weighted by molar-refractivity contribution is 0.260. The lowest BCUT2D eigenvalue weighted by atomic mass is 9.76. The van der Waals surface area contributed by atoms with Crippen LogP contribution in [-0.2, 0) is 16.5 Å². The Balaban J connectivity index is 1.92. The average Bonchev–Trinajstić information content (AvgIpc) is 2.92. The molecule has 0 amide bonds. The second-order valence-corrected chi connectivity index (χ2v) is 8.05. The average molecular weight is 326 g/mol. The Bertz CT molecular complexity index is 557. The predicted octanol–water partition coefficient (Wildman–Crippen LogP) is 3.86. The zero-order chi connectivity index (χ0) is 16.1. The van der Waals surface area contributed by atoms with E-state index in [-0.39, 0.29) is 5.75 Å². The second-order valence-electron chi connectivity index (χ2n) is 6.48. The van der Waals surface area contributed by atoms with Crippen LogP contribution >= 0.6 is 0 Å². The second kappa shape index (κ2) is 7.47. The Hall–Kier alpha value is -1.07. The van der Waals surface area contributed by atoms with Gasteiger partial charge in [-0.3, -0.25) is 4.55 Å². The van der Waals surface area contributed by atoms with E-state index >= 15 is 0 Å². The molecule has 1 aliphatic rings. The number of hydrogen-bond acceptors (Lipinski definition) is 3. The molecule has 0 bridgehead atoms. The summed E-state index contributed by atoms with van der Waals surface area (Å²) in [5.41, 5.74) is 1.62. The molecule has 1 aromatic rings. The summed E-state index contributed by atoms with van der Waals surface area (Å²) in [6, 6.07) is 8.24. The highest BCUT2D eigenvalue weighted by Crippen LogP contribution is 2.45. The highest BCUT2D eigenvalue weighted by Gasteiger charge is 2.33. The van der Waals surface area contributed by atoms with Crippen LogP contribution in [0.25, 0.3) is 0 Å². The van der Waals surface area contributed by atoms with Crippen LogP contribution in [0.1, 0.15) is 50.5 Å². The first-order chi connectivity index (χ1) is 10.4. The fraction of sp³-hybridized carbons (Fsp3) is 0.647. The lowest BCUT2D eigenvalue weighted by Gasteiger charge is -2.29. The molecule has 0 aliphatic heterocycles. The fourth-order valence-electron chi connectivity index (χ4n) is 3.60. The normalized spacial score (nSPS) is 17.5. The maximum absolute atomic E-state index is 10.8. The molecule has 0 spiro atoms. The summed E-state index contributed by atoms with van der Waals surface area (Å²) < 4.78 is 35.6. The minimum absolute atomic E-state index is 0.119. The van der Waals surface area contributed by atoms with Gasteiger partial charge in [0.15, 0.2) is 0 Å². The number of rotatable bonds is 8. The molecule has 0 radical (unpaired) electrons. The Morgan fingerprint density at radius 3 is 2.32 bits per heavy atom. The molecule has 1 aromatic carbocycles. The molecule has 0 saturated heterocycles. The molecule has 0 aromatic heterocycles. The minimum Gasteiger partial charge on any atom is -0.497 e. The van der Waals surface area contributed by atoms with E-state index in [2.05, 4.69) is 12.1 Å². The summed E-state index contributed by atoms with van der Waals surface area (Å²) >= 11 is 0. The molecule has 4 nitrogen and oxygen atoms in total. The van der Waals surface area contributed by atoms with Crippen LogP contribution in [0.15, 0.2) is 24.3 Å². The van der Waals surface area contributed by atoms with Gasteiger partial charge in [-0.15, -0.1) is 0 Å². The van der Waals surface area contributed by atoms with Crippen molar-refractivity contribution >= 4 is 10.1 Å². The van der Waals surface area contributed by atoms with Crippen molar-refractivity contribution in [1.82, 2.24) is 0 Å². The first-order valence-electron chi connectivity index (χ1n) is 8.01. The third-order valence-electron chi connectivity index (χ3n) is 4.76. The van der Waals surface area contributed by atoms with Crippen LogP contribution in [0.2, 0.25) is 0 Å². The van der Waals surface area contributed by atoms with Crippen LogP contribution in [-0.4, -0.2) is 25.8 Å². The molecule has 1 N–H and O–H groups in total. The molecule has 1 fully saturated rings. The highest BCUT2D eigenvalue weighted by atomic mass is 32.2. The molecular formula is C17H26O4S. The minimum atomic E-state index is -3.82. The zero-order valence-corrected chi connectivity index (χ0v) is 14.1. The van der Waals surface area contributed by atoms with Crippen LogP contribution in [0.4, 0.5) is 0 Å². The summed E-state index contributed by atoms with van der Waals surface area (Å²) in [5.74, 6) is 0.753. The van der Waals surface area contributed by atoms with Crippen molar-refractivity contribution in [3.63, 3.8) is 0 Å². The molecular weight excluding hydrogens is 300 g/mol. The van der Waals surface area contributed by atoms with E-state index in [0.29, 0.717) is 11.8 Å². The van der Waals surface area contributed by atoms with E-state index in [9.17, 15) is 8.42 Å². The summed E-state index contributed by atoms with van der Waals surface area (Å²) in [6.07, 6.45) is 8.43. The maximum Gasteiger partial charge on any atom is 0.264 e. The van der Waals surface area contributed by atoms with E-state index in [1.165, 1.54) is 31.2 Å². The van der Waals surface area contributed by atoms with Crippen molar-refractivity contribution in [3.05, 3.63) is 29.8 Å². The first-order valence-corrected chi connectivity index (χ1v) is 9.62. The standard InChI is InChI=1S/C17H26O4S/c1-21-16-8-6-15(7-9-16)14-17(10-2-3-11-17)12-4-5-13-22(18,19)20/h6-9H,2-5,10-14H2,1H3,(H,18,19,20). The van der Waals surface area contributed by atoms with Gasteiger partial charge in [-0.1, -0.05) is 31.4 Å². The largest absolute Gasteiger partial charge is 0.497 e. The van der Waals surface area contributed by atoms with Gasteiger partial charge in [0.1, 0.15) is 5.75 Å². The molecule has 1 saturated carbocycles. The van der Waals surface area contributed by atoms with E-state index < -0.39 is 10.1 Å². The zero-order valence-electron chi connectivity index (χ0n) is 13.3. The van der Waals surface area contributed by atoms with Crippen molar-refractivity contribution < 1.29 is 17.7 Å². The van der Waals surface area contributed by atoms with Crippen LogP contribution < -0.4 is 4.74 Å². The smallest absolute Gasteiger partial charge is 0.264 e. The van der Waals surface area contributed by atoms with Crippen molar-refractivity contribution in [3.8, 4) is 5.75 Å². The highest BCUT2D eigenvalue weighted by molar-refractivity contribution is 7.85. The molecule has 0 unspecified atom stereocenters. The molecule has 22 heavy (non-hydrogen) atoms. The third kappa shape index (κ3) is 5.29. The molecule has 1 aliphatic carbocycles. The van der Waals surface area contributed by atoms with Gasteiger partial charge in [0.05, 0.1) is 12.9 Å². The molecule has 0 heterocycles. The van der Waals surface area contributed by atoms with Crippen molar-refractivity contribution in [2.75, 3.05) is 12.9 Å². The molecule has 0 atom stereocenters. The van der Waals surface area contributed by atoms with E-state index in [4.69, 9.17) is 9.29 Å². The van der Waals surface area contributed by atoms with Gasteiger partial charge in [0.2, 0.25) is 0 Å². The van der Waals surface area contributed by atoms with Gasteiger partial charge in [0.25, 0.3) is 10.1 Å². The number of unbranched alkanes of at least 4 members (excludes halogenated alkanes) is 1. The lowest BCUT2D eigenvalue weighted by Crippen LogP contribution is -2.20. The first kappa shape index (κ1) is 17.3. The Labute approximate surface area is 133 Å². The number of hydrogen-bond donors (Lipinski definition) is 1. The van der Waals surface area contributed by atoms with Gasteiger partial charge in [0, 0.05) is 0 Å². The predicted molar refractivity (Wildman–Crippen MR) is 87.9 cm³/mol. The summed E-state index contributed by atoms with van der Waals surface area (Å²) in [4.78, 5) is 0. The van der Waals surface area contributed by atoms with Gasteiger partial charge in [-0.05, 0) is 55.2 Å². The van der Waals surface area contributed by atoms with Crippen molar-refractivity contribution in [2.24, 2.45) is 5.41 Å². The topological polar surface area (TPSA) is 63.6 Å². The van der Waals surface area contributed by atoms with Gasteiger partial charge in [-0.2, -0.15) is 8.42 Å². The monoisotopic (exact) mass is 326 g/mol. The van der Waals surface area contributed by atoms with Crippen LogP contribution in [0, 0.1) is 5.41 Å². The van der Waals surface area contributed by atoms with Crippen molar-refractivity contribution in [1.29, 1.82) is 0 Å². The maximum atomic E-state index is 10.8. The van der Waals surface area contributed by atoms with Crippen LogP contribution in [0.5, 0.6) is 5.75 Å². The van der Waals surface area contributed by atoms with Crippen LogP contribution in [0.3, 0.4) is 0 Å². The van der Waals surface area contributed by atoms with E-state index in [1.807, 2.05) is 12.1 Å². The number of methoxy groups -OCH3 is 1. The summed E-state index contributed by atoms with van der Waals surface area (Å²) in [6.45, 7) is 0. The summed E-state index contributed by atoms with van der Waals surface area (Å²) in [7, 11) is -2.15. The SMILES string of the molecule is COc1ccc(CC2(CCCCS(=O)(=O)O)CCCC2)cc1. The number of benzene rings is 1. The van der Waals surface area contributed by atoms with Gasteiger partial charge in [-0.25, -0.2) is 0 Å². The Kier molecular flexibility index (Phi) is 5.87. The molecule has 5 heteroatoms. The Morgan fingerprint density at radius 2 is 1.77 bits per heavy atom. The van der Waals surface area contributed by atoms with E-state index in [1.54, 1.807) is 7.11 Å².